The maximum atomic E-state index is 13.3. The van der Waals surface area contributed by atoms with Crippen molar-refractivity contribution in [2.24, 2.45) is 17.8 Å². The molecule has 1 heterocycles. The Bertz CT molecular complexity index is 1320. The molecule has 1 fully saturated rings. The average molecular weight is 631 g/mol. The predicted octanol–water partition coefficient (Wildman–Crippen LogP) is 11.6. The van der Waals surface area contributed by atoms with E-state index in [0.29, 0.717) is 23.5 Å². The number of fused-ring (bicyclic) bond motifs is 1. The number of hydrogen-bond donors (Lipinski definition) is 0. The Balaban J connectivity index is 1.30. The molecule has 0 amide bonds. The molecule has 0 spiro atoms. The van der Waals surface area contributed by atoms with Gasteiger partial charge < -0.3 is 9.47 Å². The molecule has 4 rings (SSSR count). The average Bonchev–Trinajstić information content (AvgIpc) is 3.02. The van der Waals surface area contributed by atoms with Crippen LogP contribution in [-0.4, -0.2) is 17.4 Å². The molecule has 1 aliphatic carbocycles. The molecule has 4 heteroatoms. The Kier molecular flexibility index (Phi) is 13.0. The fourth-order valence-corrected chi connectivity index (χ4v) is 7.75. The van der Waals surface area contributed by atoms with Gasteiger partial charge in [-0.2, -0.15) is 0 Å². The van der Waals surface area contributed by atoms with Crippen molar-refractivity contribution >= 4 is 11.8 Å². The van der Waals surface area contributed by atoms with Crippen LogP contribution in [0.2, 0.25) is 0 Å². The standard InChI is InChI=1S/C42H62O4/c1-28(2)14-11-15-29(3)16-12-17-30(4)18-13-26-42(8)27-25-36-33(7)39(31(5)32(6)40(36)46-42)45-41(44)35-23-21-34(22-24-35)37-19-9-10-20-38(37)43/h21-24,28-30,37H,9-20,25-27H2,1-8H3/t29-,30-,37-,42+/m1/s1. The predicted molar refractivity (Wildman–Crippen MR) is 190 cm³/mol. The number of Topliss-reactive ketones (excluding diaryl/α,β-unsaturated/α-hetero) is 1. The van der Waals surface area contributed by atoms with Crippen molar-refractivity contribution in [1.29, 1.82) is 0 Å². The first-order chi connectivity index (χ1) is 21.9. The molecular weight excluding hydrogens is 568 g/mol. The van der Waals surface area contributed by atoms with E-state index >= 15 is 0 Å². The van der Waals surface area contributed by atoms with Crippen LogP contribution in [0.4, 0.5) is 0 Å². The highest BCUT2D eigenvalue weighted by Crippen LogP contribution is 2.45. The van der Waals surface area contributed by atoms with Crippen molar-refractivity contribution in [2.75, 3.05) is 0 Å². The van der Waals surface area contributed by atoms with Gasteiger partial charge in [0.15, 0.2) is 0 Å². The number of rotatable bonds is 15. The number of benzene rings is 2. The second-order valence-electron chi connectivity index (χ2n) is 15.7. The van der Waals surface area contributed by atoms with E-state index in [2.05, 4.69) is 48.5 Å². The Morgan fingerprint density at radius 3 is 2.11 bits per heavy atom. The zero-order valence-electron chi connectivity index (χ0n) is 30.4. The molecule has 0 aromatic heterocycles. The zero-order valence-corrected chi connectivity index (χ0v) is 30.4. The van der Waals surface area contributed by atoms with Crippen LogP contribution >= 0.6 is 0 Å². The second-order valence-corrected chi connectivity index (χ2v) is 15.7. The Morgan fingerprint density at radius 1 is 0.848 bits per heavy atom. The van der Waals surface area contributed by atoms with Crippen LogP contribution < -0.4 is 9.47 Å². The molecule has 0 saturated heterocycles. The van der Waals surface area contributed by atoms with E-state index in [1.807, 2.05) is 19.1 Å². The zero-order chi connectivity index (χ0) is 33.4. The highest BCUT2D eigenvalue weighted by molar-refractivity contribution is 5.92. The van der Waals surface area contributed by atoms with Crippen molar-refractivity contribution in [2.45, 2.75) is 163 Å². The Hall–Kier alpha value is -2.62. The molecule has 1 aliphatic heterocycles. The first kappa shape index (κ1) is 36.2. The van der Waals surface area contributed by atoms with Crippen LogP contribution in [0.5, 0.6) is 11.5 Å². The van der Waals surface area contributed by atoms with E-state index in [0.717, 1.165) is 84.3 Å². The summed E-state index contributed by atoms with van der Waals surface area (Å²) in [6.07, 6.45) is 17.2. The number of esters is 1. The fraction of sp³-hybridized carbons (Fsp3) is 0.667. The molecule has 1 saturated carbocycles. The van der Waals surface area contributed by atoms with E-state index in [1.165, 1.54) is 56.9 Å². The van der Waals surface area contributed by atoms with Gasteiger partial charge in [-0.1, -0.05) is 91.2 Å². The van der Waals surface area contributed by atoms with Gasteiger partial charge in [0.25, 0.3) is 0 Å². The summed E-state index contributed by atoms with van der Waals surface area (Å²) in [6.45, 7) is 18.0. The number of carbonyl (C=O) groups is 2. The minimum absolute atomic E-state index is 0.0382. The summed E-state index contributed by atoms with van der Waals surface area (Å²) in [4.78, 5) is 25.7. The van der Waals surface area contributed by atoms with E-state index in [1.54, 1.807) is 12.1 Å². The molecule has 0 unspecified atom stereocenters. The van der Waals surface area contributed by atoms with E-state index in [-0.39, 0.29) is 17.5 Å². The largest absolute Gasteiger partial charge is 0.487 e. The van der Waals surface area contributed by atoms with E-state index in [9.17, 15) is 9.59 Å². The third-order valence-corrected chi connectivity index (χ3v) is 11.1. The van der Waals surface area contributed by atoms with Gasteiger partial charge in [0.1, 0.15) is 22.9 Å². The summed E-state index contributed by atoms with van der Waals surface area (Å²) >= 11 is 0. The maximum absolute atomic E-state index is 13.3. The quantitative estimate of drug-likeness (QED) is 0.145. The van der Waals surface area contributed by atoms with E-state index in [4.69, 9.17) is 9.47 Å². The summed E-state index contributed by atoms with van der Waals surface area (Å²) in [6, 6.07) is 7.46. The van der Waals surface area contributed by atoms with Gasteiger partial charge in [-0.05, 0) is 118 Å². The molecule has 4 nitrogen and oxygen atoms in total. The molecule has 4 atom stereocenters. The highest BCUT2D eigenvalue weighted by atomic mass is 16.5. The fourth-order valence-electron chi connectivity index (χ4n) is 7.75. The lowest BCUT2D eigenvalue weighted by Gasteiger charge is -2.38. The third-order valence-electron chi connectivity index (χ3n) is 11.1. The molecule has 254 valence electrons. The lowest BCUT2D eigenvalue weighted by Crippen LogP contribution is -2.37. The van der Waals surface area contributed by atoms with Crippen LogP contribution in [-0.2, 0) is 11.2 Å². The van der Waals surface area contributed by atoms with Crippen LogP contribution in [0.15, 0.2) is 24.3 Å². The van der Waals surface area contributed by atoms with Gasteiger partial charge in [0.2, 0.25) is 0 Å². The molecule has 2 aliphatic rings. The van der Waals surface area contributed by atoms with Crippen LogP contribution in [0, 0.1) is 38.5 Å². The van der Waals surface area contributed by atoms with Crippen molar-refractivity contribution < 1.29 is 19.1 Å². The second kappa shape index (κ2) is 16.5. The summed E-state index contributed by atoms with van der Waals surface area (Å²) in [5, 5.41) is 0. The Morgan fingerprint density at radius 2 is 1.48 bits per heavy atom. The minimum atomic E-state index is -0.358. The first-order valence-corrected chi connectivity index (χ1v) is 18.5. The highest BCUT2D eigenvalue weighted by Gasteiger charge is 2.35. The summed E-state index contributed by atoms with van der Waals surface area (Å²) in [5.41, 5.74) is 5.55. The van der Waals surface area contributed by atoms with Crippen LogP contribution in [0.3, 0.4) is 0 Å². The third kappa shape index (κ3) is 9.48. The van der Waals surface area contributed by atoms with Crippen molar-refractivity contribution in [3.63, 3.8) is 0 Å². The van der Waals surface area contributed by atoms with Crippen LogP contribution in [0.1, 0.15) is 169 Å². The van der Waals surface area contributed by atoms with Crippen molar-refractivity contribution in [1.82, 2.24) is 0 Å². The topological polar surface area (TPSA) is 52.6 Å². The number of ether oxygens (including phenoxy) is 2. The molecule has 0 bridgehead atoms. The lowest BCUT2D eigenvalue weighted by molar-refractivity contribution is -0.121. The number of ketones is 1. The monoisotopic (exact) mass is 630 g/mol. The normalized spacial score (nSPS) is 21.1. The maximum Gasteiger partial charge on any atom is 0.343 e. The lowest BCUT2D eigenvalue weighted by atomic mass is 9.83. The van der Waals surface area contributed by atoms with Gasteiger partial charge in [-0.3, -0.25) is 4.79 Å². The van der Waals surface area contributed by atoms with Crippen molar-refractivity contribution in [3.05, 3.63) is 57.6 Å². The smallest absolute Gasteiger partial charge is 0.343 e. The van der Waals surface area contributed by atoms with Gasteiger partial charge in [-0.15, -0.1) is 0 Å². The van der Waals surface area contributed by atoms with Gasteiger partial charge in [0.05, 0.1) is 5.56 Å². The summed E-state index contributed by atoms with van der Waals surface area (Å²) in [5.74, 6) is 4.00. The first-order valence-electron chi connectivity index (χ1n) is 18.5. The SMILES string of the molecule is Cc1c(C)c2c(c(C)c1OC(=O)c1ccc([C@H]3CCCCC3=O)cc1)CC[C@](C)(CCC[C@H](C)CCC[C@H](C)CCCC(C)C)O2. The van der Waals surface area contributed by atoms with Crippen molar-refractivity contribution in [3.8, 4) is 11.5 Å². The van der Waals surface area contributed by atoms with Gasteiger partial charge in [0, 0.05) is 17.9 Å². The number of hydrogen-bond acceptors (Lipinski definition) is 4. The molecule has 46 heavy (non-hydrogen) atoms. The van der Waals surface area contributed by atoms with Gasteiger partial charge in [-0.25, -0.2) is 4.79 Å². The summed E-state index contributed by atoms with van der Waals surface area (Å²) < 4.78 is 12.9. The minimum Gasteiger partial charge on any atom is -0.487 e. The molecule has 2 aromatic carbocycles. The molecule has 2 aromatic rings. The van der Waals surface area contributed by atoms with Gasteiger partial charge >= 0.3 is 5.97 Å². The van der Waals surface area contributed by atoms with E-state index < -0.39 is 0 Å². The molecule has 0 radical (unpaired) electrons. The molecule has 0 N–H and O–H groups in total. The van der Waals surface area contributed by atoms with Crippen LogP contribution in [0.25, 0.3) is 0 Å². The number of carbonyl (C=O) groups excluding carboxylic acids is 2. The Labute approximate surface area is 280 Å². The molecular formula is C42H62O4. The summed E-state index contributed by atoms with van der Waals surface area (Å²) in [7, 11) is 0.